The van der Waals surface area contributed by atoms with E-state index in [2.05, 4.69) is 69.3 Å². The summed E-state index contributed by atoms with van der Waals surface area (Å²) in [6.07, 6.45) is 5.12. The Morgan fingerprint density at radius 1 is 0.841 bits per heavy atom. The van der Waals surface area contributed by atoms with Crippen molar-refractivity contribution in [2.75, 3.05) is 33.0 Å². The largest absolute Gasteiger partial charge is 0.465 e. The first kappa shape index (κ1) is 32.6. The monoisotopic (exact) mass is 620 g/mol. The van der Waals surface area contributed by atoms with E-state index in [9.17, 15) is 9.59 Å². The van der Waals surface area contributed by atoms with Gasteiger partial charge in [-0.2, -0.15) is 0 Å². The minimum Gasteiger partial charge on any atom is -0.465 e. The minimum absolute atomic E-state index is 0.138. The maximum atomic E-state index is 13.8. The first-order chi connectivity index (χ1) is 21.1. The molecule has 1 spiro atoms. The average Bonchev–Trinajstić information content (AvgIpc) is 3.02. The summed E-state index contributed by atoms with van der Waals surface area (Å²) < 4.78 is 31.1. The summed E-state index contributed by atoms with van der Waals surface area (Å²) in [6, 6.07) is 21.2. The van der Waals surface area contributed by atoms with Crippen LogP contribution in [0.1, 0.15) is 73.1 Å². The highest BCUT2D eigenvalue weighted by molar-refractivity contribution is 6.99. The fraction of sp³-hybridized carbons (Fsp3) is 0.556. The second-order valence-corrected chi connectivity index (χ2v) is 17.6. The maximum Gasteiger partial charge on any atom is 0.321 e. The molecule has 0 N–H and O–H groups in total. The van der Waals surface area contributed by atoms with Crippen molar-refractivity contribution in [3.63, 3.8) is 0 Å². The molecular weight excluding hydrogens is 572 g/mol. The van der Waals surface area contributed by atoms with Crippen molar-refractivity contribution in [2.45, 2.75) is 84.0 Å². The second kappa shape index (κ2) is 12.9. The lowest BCUT2D eigenvalue weighted by atomic mass is 9.50. The van der Waals surface area contributed by atoms with Gasteiger partial charge < -0.3 is 23.4 Å². The van der Waals surface area contributed by atoms with Gasteiger partial charge in [-0.1, -0.05) is 93.1 Å². The van der Waals surface area contributed by atoms with Gasteiger partial charge in [-0.3, -0.25) is 9.59 Å². The Bertz CT molecular complexity index is 1290. The molecule has 238 valence electrons. The zero-order chi connectivity index (χ0) is 31.5. The summed E-state index contributed by atoms with van der Waals surface area (Å²) in [5.41, 5.74) is -1.12. The number of fused-ring (bicyclic) bond motifs is 1. The van der Waals surface area contributed by atoms with Crippen LogP contribution in [0.3, 0.4) is 0 Å². The summed E-state index contributed by atoms with van der Waals surface area (Å²) in [7, 11) is -2.71. The summed E-state index contributed by atoms with van der Waals surface area (Å²) in [5.74, 6) is -1.86. The normalized spacial score (nSPS) is 24.5. The van der Waals surface area contributed by atoms with Crippen LogP contribution in [0, 0.1) is 10.8 Å². The molecular formula is C36H48O7Si. The lowest BCUT2D eigenvalue weighted by Crippen LogP contribution is -2.67. The van der Waals surface area contributed by atoms with Crippen LogP contribution in [-0.2, 0) is 33.0 Å². The number of carbonyl (C=O) groups excluding carboxylic acids is 2. The number of hydrogen-bond donors (Lipinski definition) is 0. The van der Waals surface area contributed by atoms with Crippen molar-refractivity contribution in [1.29, 1.82) is 0 Å². The Balaban J connectivity index is 1.48. The van der Waals surface area contributed by atoms with Gasteiger partial charge in [-0.05, 0) is 61.4 Å². The van der Waals surface area contributed by atoms with E-state index in [1.807, 2.05) is 32.1 Å². The highest BCUT2D eigenvalue weighted by Gasteiger charge is 2.71. The lowest BCUT2D eigenvalue weighted by molar-refractivity contribution is -0.337. The fourth-order valence-electron chi connectivity index (χ4n) is 7.78. The van der Waals surface area contributed by atoms with Gasteiger partial charge in [0.05, 0.1) is 31.8 Å². The average molecular weight is 621 g/mol. The molecule has 2 atom stereocenters. The van der Waals surface area contributed by atoms with E-state index in [1.54, 1.807) is 0 Å². The van der Waals surface area contributed by atoms with Crippen molar-refractivity contribution in [1.82, 2.24) is 0 Å². The van der Waals surface area contributed by atoms with Crippen LogP contribution in [0.5, 0.6) is 0 Å². The molecule has 2 aromatic rings. The molecule has 2 bridgehead atoms. The van der Waals surface area contributed by atoms with Gasteiger partial charge in [-0.15, -0.1) is 0 Å². The van der Waals surface area contributed by atoms with Crippen LogP contribution in [0.4, 0.5) is 0 Å². The minimum atomic E-state index is -2.71. The van der Waals surface area contributed by atoms with Crippen molar-refractivity contribution < 1.29 is 33.0 Å². The Morgan fingerprint density at radius 2 is 1.41 bits per heavy atom. The molecule has 1 heterocycles. The molecule has 1 saturated heterocycles. The van der Waals surface area contributed by atoms with E-state index in [0.29, 0.717) is 45.5 Å². The summed E-state index contributed by atoms with van der Waals surface area (Å²) >= 11 is 0. The van der Waals surface area contributed by atoms with Gasteiger partial charge in [-0.25, -0.2) is 0 Å². The molecule has 1 saturated carbocycles. The Labute approximate surface area is 263 Å². The first-order valence-electron chi connectivity index (χ1n) is 16.2. The number of esters is 2. The van der Waals surface area contributed by atoms with Gasteiger partial charge in [0.1, 0.15) is 5.41 Å². The molecule has 44 heavy (non-hydrogen) atoms. The highest BCUT2D eigenvalue weighted by Crippen LogP contribution is 2.64. The van der Waals surface area contributed by atoms with E-state index in [0.717, 1.165) is 12.0 Å². The van der Waals surface area contributed by atoms with Crippen LogP contribution >= 0.6 is 0 Å². The Morgan fingerprint density at radius 3 is 1.95 bits per heavy atom. The third-order valence-electron chi connectivity index (χ3n) is 9.79. The standard InChI is InChI=1S/C36H48O7Si/c1-6-39-31(37)34-21-22-35(32(38)40-7-2,36(27-34)41-23-15-24-42-36)26-28(34)16-14-25-43-44(33(3,4)5,29-17-10-8-11-18-29)30-19-12-9-13-20-30/h8-13,17-20,26H,6-7,14-16,21-25,27H2,1-5H3/t34-,35+/m0/s1. The lowest BCUT2D eigenvalue weighted by Gasteiger charge is -2.60. The fourth-order valence-corrected chi connectivity index (χ4v) is 12.4. The number of rotatable bonds is 11. The SMILES string of the molecule is CCOC(=O)[C@]12CC[C@](C(=O)OCC)(C=C1CCCO[Si](c1ccccc1)(c1ccccc1)C(C)(C)C)C1(C2)OCCCO1. The molecule has 0 unspecified atom stereocenters. The predicted octanol–water partition coefficient (Wildman–Crippen LogP) is 5.70. The van der Waals surface area contributed by atoms with Gasteiger partial charge in [0.2, 0.25) is 0 Å². The molecule has 0 aromatic heterocycles. The molecule has 8 heteroatoms. The molecule has 4 aliphatic rings. The smallest absolute Gasteiger partial charge is 0.321 e. The molecule has 1 aliphatic heterocycles. The van der Waals surface area contributed by atoms with Crippen LogP contribution in [0.25, 0.3) is 0 Å². The number of hydrogen-bond acceptors (Lipinski definition) is 7. The highest BCUT2D eigenvalue weighted by atomic mass is 28.4. The van der Waals surface area contributed by atoms with Crippen molar-refractivity contribution in [3.05, 3.63) is 72.3 Å². The van der Waals surface area contributed by atoms with Crippen LogP contribution in [-0.4, -0.2) is 59.1 Å². The quantitative estimate of drug-likeness (QED) is 0.138. The second-order valence-electron chi connectivity index (χ2n) is 13.3. The maximum absolute atomic E-state index is 13.8. The number of benzene rings is 2. The molecule has 0 radical (unpaired) electrons. The third kappa shape index (κ3) is 5.38. The topological polar surface area (TPSA) is 80.3 Å². The molecule has 2 fully saturated rings. The van der Waals surface area contributed by atoms with E-state index < -0.39 is 24.9 Å². The van der Waals surface area contributed by atoms with Crippen molar-refractivity contribution >= 4 is 30.6 Å². The first-order valence-corrected chi connectivity index (χ1v) is 18.1. The van der Waals surface area contributed by atoms with Crippen LogP contribution in [0.15, 0.2) is 72.3 Å². The Kier molecular flexibility index (Phi) is 9.57. The van der Waals surface area contributed by atoms with E-state index in [-0.39, 0.29) is 36.6 Å². The van der Waals surface area contributed by atoms with Gasteiger partial charge >= 0.3 is 11.9 Å². The van der Waals surface area contributed by atoms with Crippen molar-refractivity contribution in [2.24, 2.45) is 10.8 Å². The molecule has 3 aliphatic carbocycles. The zero-order valence-electron chi connectivity index (χ0n) is 27.0. The summed E-state index contributed by atoms with van der Waals surface area (Å²) in [5, 5.41) is 2.32. The van der Waals surface area contributed by atoms with Crippen molar-refractivity contribution in [3.8, 4) is 0 Å². The summed E-state index contributed by atoms with van der Waals surface area (Å²) in [6.45, 7) is 12.4. The Hall–Kier alpha value is -2.78. The van der Waals surface area contributed by atoms with Crippen LogP contribution < -0.4 is 10.4 Å². The van der Waals surface area contributed by atoms with Crippen LogP contribution in [0.2, 0.25) is 5.04 Å². The third-order valence-corrected chi connectivity index (χ3v) is 14.8. The van der Waals surface area contributed by atoms with Gasteiger partial charge in [0.15, 0.2) is 5.79 Å². The van der Waals surface area contributed by atoms with E-state index in [4.69, 9.17) is 23.4 Å². The predicted molar refractivity (Wildman–Crippen MR) is 172 cm³/mol. The number of carbonyl (C=O) groups is 2. The molecule has 7 nitrogen and oxygen atoms in total. The summed E-state index contributed by atoms with van der Waals surface area (Å²) in [4.78, 5) is 27.5. The molecule has 0 amide bonds. The molecule has 6 rings (SSSR count). The van der Waals surface area contributed by atoms with Gasteiger partial charge in [0.25, 0.3) is 8.32 Å². The zero-order valence-corrected chi connectivity index (χ0v) is 28.0. The van der Waals surface area contributed by atoms with Gasteiger partial charge in [0, 0.05) is 13.0 Å². The van der Waals surface area contributed by atoms with E-state index >= 15 is 0 Å². The number of ether oxygens (including phenoxy) is 4. The molecule has 2 aromatic carbocycles. The van der Waals surface area contributed by atoms with E-state index in [1.165, 1.54) is 10.4 Å².